The van der Waals surface area contributed by atoms with Crippen LogP contribution in [0.25, 0.3) is 0 Å². The zero-order chi connectivity index (χ0) is 11.4. The summed E-state index contributed by atoms with van der Waals surface area (Å²) in [7, 11) is 0. The van der Waals surface area contributed by atoms with Crippen LogP contribution in [-0.4, -0.2) is 23.2 Å². The van der Waals surface area contributed by atoms with Gasteiger partial charge >= 0.3 is 0 Å². The molecule has 2 nitrogen and oxygen atoms in total. The van der Waals surface area contributed by atoms with Crippen LogP contribution in [0.3, 0.4) is 0 Å². The van der Waals surface area contributed by atoms with E-state index in [4.69, 9.17) is 11.6 Å². The number of carbonyl (C=O) groups excluding carboxylic acids is 1. The molecule has 0 N–H and O–H groups in total. The van der Waals surface area contributed by atoms with Crippen molar-refractivity contribution in [1.82, 2.24) is 4.90 Å². The third-order valence-electron chi connectivity index (χ3n) is 3.02. The second-order valence-corrected chi connectivity index (χ2v) is 5.50. The van der Waals surface area contributed by atoms with Crippen molar-refractivity contribution in [3.63, 3.8) is 0 Å². The number of hydrogen-bond acceptors (Lipinski definition) is 3. The molecule has 1 aromatic rings. The van der Waals surface area contributed by atoms with Crippen LogP contribution >= 0.6 is 22.9 Å². The molecule has 0 aromatic carbocycles. The van der Waals surface area contributed by atoms with E-state index in [0.717, 1.165) is 25.2 Å². The molecule has 0 aliphatic carbocycles. The van der Waals surface area contributed by atoms with Crippen LogP contribution in [0.4, 0.5) is 0 Å². The van der Waals surface area contributed by atoms with E-state index in [2.05, 4.69) is 4.90 Å². The third kappa shape index (κ3) is 3.06. The summed E-state index contributed by atoms with van der Waals surface area (Å²) in [5.41, 5.74) is 1.09. The van der Waals surface area contributed by atoms with Gasteiger partial charge in [0.25, 0.3) is 5.24 Å². The van der Waals surface area contributed by atoms with Gasteiger partial charge in [0, 0.05) is 6.54 Å². The Morgan fingerprint density at radius 1 is 1.31 bits per heavy atom. The summed E-state index contributed by atoms with van der Waals surface area (Å²) in [4.78, 5) is 14.3. The van der Waals surface area contributed by atoms with E-state index in [0.29, 0.717) is 4.88 Å². The van der Waals surface area contributed by atoms with Gasteiger partial charge in [0.05, 0.1) is 4.88 Å². The molecule has 1 aliphatic rings. The monoisotopic (exact) mass is 257 g/mol. The maximum Gasteiger partial charge on any atom is 0.262 e. The van der Waals surface area contributed by atoms with Crippen LogP contribution in [0.5, 0.6) is 0 Å². The Kier molecular flexibility index (Phi) is 4.38. The van der Waals surface area contributed by atoms with Gasteiger partial charge in [0.15, 0.2) is 0 Å². The zero-order valence-corrected chi connectivity index (χ0v) is 10.8. The van der Waals surface area contributed by atoms with Gasteiger partial charge in [0.1, 0.15) is 0 Å². The lowest BCUT2D eigenvalue weighted by Crippen LogP contribution is -2.24. The van der Waals surface area contributed by atoms with Gasteiger partial charge in [-0.25, -0.2) is 0 Å². The highest BCUT2D eigenvalue weighted by Crippen LogP contribution is 2.22. The minimum Gasteiger partial charge on any atom is -0.299 e. The van der Waals surface area contributed by atoms with Gasteiger partial charge in [-0.15, -0.1) is 11.3 Å². The molecule has 0 atom stereocenters. The van der Waals surface area contributed by atoms with Crippen molar-refractivity contribution in [2.24, 2.45) is 0 Å². The SMILES string of the molecule is O=C(Cl)c1sccc1CN1CCCCCC1. The molecule has 1 saturated heterocycles. The van der Waals surface area contributed by atoms with E-state index in [1.807, 2.05) is 11.4 Å². The number of halogens is 1. The zero-order valence-electron chi connectivity index (χ0n) is 9.25. The third-order valence-corrected chi connectivity index (χ3v) is 4.27. The fourth-order valence-corrected chi connectivity index (χ4v) is 3.17. The Hall–Kier alpha value is -0.380. The fraction of sp³-hybridized carbons (Fsp3) is 0.583. The molecule has 1 aliphatic heterocycles. The minimum atomic E-state index is -0.320. The quantitative estimate of drug-likeness (QED) is 0.773. The van der Waals surface area contributed by atoms with Gasteiger partial charge < -0.3 is 0 Å². The Bertz CT molecular complexity index is 356. The molecule has 16 heavy (non-hydrogen) atoms. The summed E-state index contributed by atoms with van der Waals surface area (Å²) in [6, 6.07) is 2.02. The molecule has 0 bridgehead atoms. The summed E-state index contributed by atoms with van der Waals surface area (Å²) in [5, 5.41) is 1.63. The second-order valence-electron chi connectivity index (χ2n) is 4.24. The lowest BCUT2D eigenvalue weighted by molar-refractivity contribution is 0.108. The first-order chi connectivity index (χ1) is 7.77. The number of thiophene rings is 1. The van der Waals surface area contributed by atoms with Gasteiger partial charge in [-0.05, 0) is 54.5 Å². The van der Waals surface area contributed by atoms with E-state index >= 15 is 0 Å². The lowest BCUT2D eigenvalue weighted by atomic mass is 10.2. The summed E-state index contributed by atoms with van der Waals surface area (Å²) in [5.74, 6) is 0. The summed E-state index contributed by atoms with van der Waals surface area (Å²) in [6.45, 7) is 3.16. The average Bonchev–Trinajstić information content (AvgIpc) is 2.55. The predicted octanol–water partition coefficient (Wildman–Crippen LogP) is 3.50. The van der Waals surface area contributed by atoms with Crippen molar-refractivity contribution in [2.75, 3.05) is 13.1 Å². The van der Waals surface area contributed by atoms with Crippen molar-refractivity contribution in [2.45, 2.75) is 32.2 Å². The molecular weight excluding hydrogens is 242 g/mol. The number of carbonyl (C=O) groups is 1. The van der Waals surface area contributed by atoms with Gasteiger partial charge in [-0.2, -0.15) is 0 Å². The molecule has 0 spiro atoms. The Morgan fingerprint density at radius 3 is 2.62 bits per heavy atom. The highest BCUT2D eigenvalue weighted by Gasteiger charge is 2.15. The lowest BCUT2D eigenvalue weighted by Gasteiger charge is -2.19. The number of nitrogens with zero attached hydrogens (tertiary/aromatic N) is 1. The van der Waals surface area contributed by atoms with E-state index in [9.17, 15) is 4.79 Å². The topological polar surface area (TPSA) is 20.3 Å². The molecule has 0 saturated carbocycles. The highest BCUT2D eigenvalue weighted by molar-refractivity contribution is 7.14. The minimum absolute atomic E-state index is 0.320. The molecule has 88 valence electrons. The molecular formula is C12H16ClNOS. The van der Waals surface area contributed by atoms with E-state index in [-0.39, 0.29) is 5.24 Å². The standard InChI is InChI=1S/C12H16ClNOS/c13-12(15)11-10(5-8-16-11)9-14-6-3-1-2-4-7-14/h5,8H,1-4,6-7,9H2. The van der Waals surface area contributed by atoms with Crippen LogP contribution < -0.4 is 0 Å². The van der Waals surface area contributed by atoms with Crippen molar-refractivity contribution in [3.8, 4) is 0 Å². The number of rotatable bonds is 3. The Balaban J connectivity index is 2.01. The normalized spacial score (nSPS) is 18.3. The Morgan fingerprint density at radius 2 is 2.00 bits per heavy atom. The van der Waals surface area contributed by atoms with Crippen LogP contribution in [0.2, 0.25) is 0 Å². The largest absolute Gasteiger partial charge is 0.299 e. The molecule has 0 amide bonds. The predicted molar refractivity (Wildman–Crippen MR) is 68.2 cm³/mol. The van der Waals surface area contributed by atoms with Crippen molar-refractivity contribution < 1.29 is 4.79 Å². The van der Waals surface area contributed by atoms with E-state index in [1.165, 1.54) is 37.0 Å². The molecule has 0 unspecified atom stereocenters. The molecule has 2 rings (SSSR count). The second kappa shape index (κ2) is 5.80. The van der Waals surface area contributed by atoms with Gasteiger partial charge in [0.2, 0.25) is 0 Å². The Labute approximate surface area is 105 Å². The highest BCUT2D eigenvalue weighted by atomic mass is 35.5. The molecule has 1 fully saturated rings. The van der Waals surface area contributed by atoms with Crippen molar-refractivity contribution in [1.29, 1.82) is 0 Å². The summed E-state index contributed by atoms with van der Waals surface area (Å²) >= 11 is 7.00. The van der Waals surface area contributed by atoms with Crippen LogP contribution in [0, 0.1) is 0 Å². The van der Waals surface area contributed by atoms with Crippen LogP contribution in [0.1, 0.15) is 40.9 Å². The molecule has 0 radical (unpaired) electrons. The average molecular weight is 258 g/mol. The first-order valence-electron chi connectivity index (χ1n) is 5.76. The van der Waals surface area contributed by atoms with Gasteiger partial charge in [-0.1, -0.05) is 12.8 Å². The smallest absolute Gasteiger partial charge is 0.262 e. The van der Waals surface area contributed by atoms with Crippen molar-refractivity contribution >= 4 is 28.2 Å². The number of hydrogen-bond donors (Lipinski definition) is 0. The number of likely N-dealkylation sites (tertiary alicyclic amines) is 1. The first kappa shape index (κ1) is 12.1. The first-order valence-corrected chi connectivity index (χ1v) is 7.01. The van der Waals surface area contributed by atoms with E-state index < -0.39 is 0 Å². The van der Waals surface area contributed by atoms with E-state index in [1.54, 1.807) is 0 Å². The van der Waals surface area contributed by atoms with Crippen LogP contribution in [-0.2, 0) is 6.54 Å². The van der Waals surface area contributed by atoms with Crippen LogP contribution in [0.15, 0.2) is 11.4 Å². The molecule has 2 heterocycles. The summed E-state index contributed by atoms with van der Waals surface area (Å²) in [6.07, 6.45) is 5.21. The van der Waals surface area contributed by atoms with Crippen molar-refractivity contribution in [3.05, 3.63) is 21.9 Å². The maximum atomic E-state index is 11.2. The molecule has 4 heteroatoms. The maximum absolute atomic E-state index is 11.2. The fourth-order valence-electron chi connectivity index (χ4n) is 2.17. The molecule has 1 aromatic heterocycles. The summed E-state index contributed by atoms with van der Waals surface area (Å²) < 4.78 is 0. The van der Waals surface area contributed by atoms with Gasteiger partial charge in [-0.3, -0.25) is 9.69 Å².